The Morgan fingerprint density at radius 2 is 0.726 bits per heavy atom. The van der Waals surface area contributed by atoms with Gasteiger partial charge in [-0.15, -0.1) is 0 Å². The van der Waals surface area contributed by atoms with Gasteiger partial charge in [0.25, 0.3) is 11.8 Å². The molecule has 4 heterocycles. The van der Waals surface area contributed by atoms with Crippen molar-refractivity contribution in [3.8, 4) is 0 Å². The van der Waals surface area contributed by atoms with Crippen molar-refractivity contribution < 1.29 is 14.0 Å². The molecule has 0 atom stereocenters. The Balaban J connectivity index is 0.000000142. The third-order valence-electron chi connectivity index (χ3n) is 19.7. The van der Waals surface area contributed by atoms with Crippen molar-refractivity contribution in [2.24, 2.45) is 0 Å². The monoisotopic (exact) mass is 1730 g/mol. The first kappa shape index (κ1) is 89.8. The van der Waals surface area contributed by atoms with Crippen molar-refractivity contribution in [2.75, 3.05) is 21.3 Å². The number of thiocarbonyl (C=S) groups is 5. The summed E-state index contributed by atoms with van der Waals surface area (Å²) in [5.74, 6) is 3.01. The molecule has 0 aliphatic carbocycles. The van der Waals surface area contributed by atoms with Crippen molar-refractivity contribution in [3.63, 3.8) is 0 Å². The van der Waals surface area contributed by atoms with E-state index >= 15 is 0 Å². The molecule has 12 aromatic carbocycles. The third kappa shape index (κ3) is 27.5. The molecule has 0 aliphatic rings. The highest BCUT2D eigenvalue weighted by Crippen LogP contribution is 2.26. The van der Waals surface area contributed by atoms with Gasteiger partial charge < -0.3 is 49.2 Å². The van der Waals surface area contributed by atoms with Crippen LogP contribution in [-0.2, 0) is 58.7 Å². The Kier molecular flexibility index (Phi) is 34.1. The number of aromatic nitrogens is 6. The Bertz CT molecular complexity index is 6020. The van der Waals surface area contributed by atoms with Crippen molar-refractivity contribution in [1.82, 2.24) is 49.1 Å². The average Bonchev–Trinajstić information content (AvgIpc) is 1.63. The van der Waals surface area contributed by atoms with E-state index in [9.17, 15) is 9.59 Å². The molecule has 4 aromatic heterocycles. The molecule has 626 valence electrons. The fourth-order valence-corrected chi connectivity index (χ4v) is 14.7. The maximum absolute atomic E-state index is 12.6. The van der Waals surface area contributed by atoms with Gasteiger partial charge in [-0.1, -0.05) is 305 Å². The van der Waals surface area contributed by atoms with Crippen LogP contribution in [0.4, 0.5) is 23.3 Å². The van der Waals surface area contributed by atoms with Crippen molar-refractivity contribution in [2.45, 2.75) is 106 Å². The predicted molar refractivity (Wildman–Crippen MR) is 528 cm³/mol. The largest absolute Gasteiger partial charge is 0.456 e. The molecule has 16 aromatic rings. The van der Waals surface area contributed by atoms with E-state index in [1.54, 1.807) is 19.1 Å². The maximum atomic E-state index is 12.6. The lowest BCUT2D eigenvalue weighted by molar-refractivity contribution is 0.0942. The van der Waals surface area contributed by atoms with E-state index in [1.165, 1.54) is 16.6 Å². The summed E-state index contributed by atoms with van der Waals surface area (Å²) in [5, 5.41) is 20.4. The summed E-state index contributed by atoms with van der Waals surface area (Å²) in [6.07, 6.45) is 4.94. The first-order valence-corrected chi connectivity index (χ1v) is 43.3. The number of nitrogens with zero attached hydrogens (tertiary/aromatic N) is 8. The number of hydrogen-bond acceptors (Lipinski definition) is 11. The molecule has 17 nitrogen and oxygen atoms in total. The van der Waals surface area contributed by atoms with Gasteiger partial charge in [-0.25, -0.2) is 15.0 Å². The Morgan fingerprint density at radius 1 is 0.355 bits per heavy atom. The van der Waals surface area contributed by atoms with Crippen LogP contribution in [0.2, 0.25) is 0 Å². The number of furan rings is 1. The SMILES string of the molecule is CCCCn1c(NC(=S)Nc2ccccc2)nc2ccccc21.CCCn1c(CC(=S)Cc2ccccc2)nc2ccccc21.Cc1ccc(C(=O)NC(=S)N(Cc2ccccc2)Cc2ccccc2)cc1.Cc1ccc(C(=O)NC(=S)N(Cc2ccccc2)Cc2ccccc2)o1.S=C(Nc1ccccc1)Nc1nc2ccccc2n1Cc1ccccc1. The number of para-hydroxylation sites is 8. The van der Waals surface area contributed by atoms with E-state index < -0.39 is 0 Å². The molecule has 0 saturated carbocycles. The summed E-state index contributed by atoms with van der Waals surface area (Å²) < 4.78 is 12.0. The molecule has 0 spiro atoms. The minimum Gasteiger partial charge on any atom is -0.456 e. The third-order valence-corrected chi connectivity index (χ3v) is 21.1. The van der Waals surface area contributed by atoms with Crippen LogP contribution in [0.25, 0.3) is 33.1 Å². The van der Waals surface area contributed by atoms with Gasteiger partial charge in [0.05, 0.1) is 39.6 Å². The minimum absolute atomic E-state index is 0.189. The summed E-state index contributed by atoms with van der Waals surface area (Å²) in [6.45, 7) is 13.3. The van der Waals surface area contributed by atoms with Crippen LogP contribution in [0.3, 0.4) is 0 Å². The van der Waals surface area contributed by atoms with Crippen molar-refractivity contribution >= 4 is 155 Å². The molecule has 0 fully saturated rings. The number of fused-ring (bicyclic) bond motifs is 3. The van der Waals surface area contributed by atoms with Crippen LogP contribution in [0.5, 0.6) is 0 Å². The van der Waals surface area contributed by atoms with Gasteiger partial charge in [-0.2, -0.15) is 0 Å². The van der Waals surface area contributed by atoms with Crippen LogP contribution in [0.1, 0.15) is 105 Å². The molecule has 0 unspecified atom stereocenters. The maximum Gasteiger partial charge on any atom is 0.293 e. The van der Waals surface area contributed by atoms with E-state index in [2.05, 4.69) is 155 Å². The lowest BCUT2D eigenvalue weighted by Gasteiger charge is -2.26. The molecule has 0 saturated heterocycles. The fraction of sp³-hybridized carbons (Fsp3) is 0.157. The number of carbonyl (C=O) groups is 2. The molecule has 22 heteroatoms. The number of anilines is 4. The summed E-state index contributed by atoms with van der Waals surface area (Å²) in [6, 6.07) is 116. The number of amides is 2. The zero-order chi connectivity index (χ0) is 86.6. The standard InChI is InChI=1S/C23H22N2OS.C21H18N4S.C21H20N2O2S.C19H20N2S.C18H20N4S/c1-18-12-14-21(15-13-18)22(26)24-23(27)25(16-19-8-4-2-5-9-19)17-20-10-6-3-7-11-20;26-21(22-17-11-5-2-6-12-17)24-20-23-18-13-7-8-14-19(18)25(20)15-16-9-3-1-4-10-16;1-16-12-13-19(25-16)20(24)22-21(26)23(14-17-8-4-2-5-9-17)15-18-10-6-3-7-11-18;1-2-12-21-18-11-7-6-10-17(18)20-19(21)14-16(22)13-15-8-4-3-5-9-15;1-2-3-13-22-16-12-8-7-11-15(16)20-17(22)21-18(23)19-14-9-5-4-6-10-14/h2-15H,16-17H2,1H3,(H,24,26,27);1-14H,15H2,(H2,22,23,24,26);2-13H,14-15H2,1H3,(H,22,24,26);3-11H,2,12-14H2,1H3;4-12H,2-3,13H2,1H3,(H2,19,20,21,23). The first-order valence-electron chi connectivity index (χ1n) is 41.3. The van der Waals surface area contributed by atoms with Gasteiger partial charge in [0.15, 0.2) is 26.2 Å². The molecule has 2 amide bonds. The van der Waals surface area contributed by atoms with Crippen LogP contribution in [0, 0.1) is 13.8 Å². The lowest BCUT2D eigenvalue weighted by atomic mass is 10.1. The predicted octanol–water partition coefficient (Wildman–Crippen LogP) is 23.2. The summed E-state index contributed by atoms with van der Waals surface area (Å²) >= 11 is 27.6. The molecule has 124 heavy (non-hydrogen) atoms. The number of carbonyl (C=O) groups excluding carboxylic acids is 2. The molecule has 0 aliphatic heterocycles. The van der Waals surface area contributed by atoms with Gasteiger partial charge in [0, 0.05) is 73.9 Å². The number of nitrogens with one attached hydrogen (secondary N) is 6. The first-order chi connectivity index (χ1) is 60.6. The van der Waals surface area contributed by atoms with Crippen molar-refractivity contribution in [1.29, 1.82) is 0 Å². The van der Waals surface area contributed by atoms with E-state index in [-0.39, 0.29) is 17.6 Å². The van der Waals surface area contributed by atoms with E-state index in [4.69, 9.17) is 75.5 Å². The fourth-order valence-electron chi connectivity index (χ4n) is 13.5. The van der Waals surface area contributed by atoms with Crippen LogP contribution in [-0.4, -0.2) is 75.6 Å². The highest BCUT2D eigenvalue weighted by atomic mass is 32.1. The van der Waals surface area contributed by atoms with Gasteiger partial charge in [0.2, 0.25) is 11.9 Å². The molecular formula is C102H100N14O3S5. The number of imidazole rings is 3. The van der Waals surface area contributed by atoms with E-state index in [0.29, 0.717) is 58.0 Å². The molecular weight excluding hydrogens is 1630 g/mol. The number of hydrogen-bond donors (Lipinski definition) is 6. The Labute approximate surface area is 752 Å². The minimum atomic E-state index is -0.339. The summed E-state index contributed by atoms with van der Waals surface area (Å²) in [5.41, 5.74) is 17.0. The van der Waals surface area contributed by atoms with E-state index in [1.807, 2.05) is 265 Å². The van der Waals surface area contributed by atoms with Gasteiger partial charge in [-0.05, 0) is 194 Å². The van der Waals surface area contributed by atoms with Crippen LogP contribution >= 0.6 is 61.1 Å². The second-order valence-electron chi connectivity index (χ2n) is 29.3. The quantitative estimate of drug-likeness (QED) is 0.0297. The average molecular weight is 1730 g/mol. The van der Waals surface area contributed by atoms with Gasteiger partial charge >= 0.3 is 0 Å². The number of aryl methyl sites for hydroxylation is 4. The Morgan fingerprint density at radius 3 is 1.15 bits per heavy atom. The highest BCUT2D eigenvalue weighted by Gasteiger charge is 2.21. The van der Waals surface area contributed by atoms with Gasteiger partial charge in [0.1, 0.15) is 11.6 Å². The zero-order valence-corrected chi connectivity index (χ0v) is 73.9. The summed E-state index contributed by atoms with van der Waals surface area (Å²) in [4.78, 5) is 44.1. The highest BCUT2D eigenvalue weighted by molar-refractivity contribution is 7.81. The second-order valence-corrected chi connectivity index (χ2v) is 31.5. The van der Waals surface area contributed by atoms with Crippen LogP contribution in [0.15, 0.2) is 356 Å². The van der Waals surface area contributed by atoms with Gasteiger partial charge in [-0.3, -0.25) is 20.2 Å². The smallest absolute Gasteiger partial charge is 0.293 e. The van der Waals surface area contributed by atoms with Crippen molar-refractivity contribution in [3.05, 3.63) is 414 Å². The second kappa shape index (κ2) is 47.1. The van der Waals surface area contributed by atoms with E-state index in [0.717, 1.165) is 141 Å². The topological polar surface area (TPSA) is 179 Å². The molecule has 0 bridgehead atoms. The number of unbranched alkanes of at least 4 members (excludes halogenated alkanes) is 1. The normalized spacial score (nSPS) is 10.5. The summed E-state index contributed by atoms with van der Waals surface area (Å²) in [7, 11) is 0. The lowest BCUT2D eigenvalue weighted by Crippen LogP contribution is -2.42. The number of benzene rings is 12. The molecule has 6 N–H and O–H groups in total. The zero-order valence-electron chi connectivity index (χ0n) is 69.8. The molecule has 0 radical (unpaired) electrons. The number of rotatable bonds is 25. The van der Waals surface area contributed by atoms with Crippen LogP contribution < -0.4 is 31.9 Å². The Hall–Kier alpha value is -13.5. The molecule has 16 rings (SSSR count).